The van der Waals surface area contributed by atoms with E-state index >= 15 is 0 Å². The van der Waals surface area contributed by atoms with Gasteiger partial charge in [0.15, 0.2) is 5.65 Å². The summed E-state index contributed by atoms with van der Waals surface area (Å²) in [7, 11) is 3.51. The Bertz CT molecular complexity index is 1070. The van der Waals surface area contributed by atoms with Crippen molar-refractivity contribution in [2.24, 2.45) is 7.05 Å². The number of aryl methyl sites for hydroxylation is 1. The monoisotopic (exact) mass is 379 g/mol. The lowest BCUT2D eigenvalue weighted by molar-refractivity contribution is 0.146. The molecule has 0 aliphatic heterocycles. The van der Waals surface area contributed by atoms with Crippen LogP contribution in [0.5, 0.6) is 5.75 Å². The van der Waals surface area contributed by atoms with Crippen molar-refractivity contribution in [2.75, 3.05) is 25.6 Å². The molecule has 3 aromatic heterocycles. The molecule has 0 amide bonds. The van der Waals surface area contributed by atoms with E-state index in [9.17, 15) is 0 Å². The lowest BCUT2D eigenvalue weighted by atomic mass is 10.2. The molecule has 0 bridgehead atoms. The number of aromatic nitrogens is 6. The maximum absolute atomic E-state index is 5.68. The predicted molar refractivity (Wildman–Crippen MR) is 105 cm³/mol. The molecule has 0 aliphatic rings. The van der Waals surface area contributed by atoms with E-state index < -0.39 is 0 Å². The molecule has 1 aromatic carbocycles. The number of rotatable bonds is 8. The topological polar surface area (TPSA) is 91.9 Å². The number of methoxy groups -OCH3 is 1. The molecular weight excluding hydrogens is 358 g/mol. The maximum atomic E-state index is 5.68. The van der Waals surface area contributed by atoms with Gasteiger partial charge in [-0.15, -0.1) is 0 Å². The Labute approximate surface area is 161 Å². The Kier molecular flexibility index (Phi) is 5.16. The zero-order valence-corrected chi connectivity index (χ0v) is 15.7. The number of nitrogens with zero attached hydrogens (tertiary/aromatic N) is 6. The van der Waals surface area contributed by atoms with E-state index in [-0.39, 0.29) is 0 Å². The standard InChI is InChI=1S/C19H21N7O2/c1-25-13-16(11-21-25)23-19-20-9-15-10-22-26(18(15)24-19)12-14-4-3-5-17(8-14)28-7-6-27-2/h3-5,8-11,13H,6-7,12H2,1-2H3,(H,20,23,24). The summed E-state index contributed by atoms with van der Waals surface area (Å²) in [4.78, 5) is 8.96. The SMILES string of the molecule is COCCOc1cccc(Cn2ncc3cnc(Nc4cnn(C)c4)nc32)c1. The highest BCUT2D eigenvalue weighted by molar-refractivity contribution is 5.75. The van der Waals surface area contributed by atoms with Gasteiger partial charge in [0.1, 0.15) is 12.4 Å². The van der Waals surface area contributed by atoms with Crippen molar-refractivity contribution in [3.63, 3.8) is 0 Å². The van der Waals surface area contributed by atoms with Gasteiger partial charge in [-0.25, -0.2) is 9.67 Å². The molecule has 0 radical (unpaired) electrons. The van der Waals surface area contributed by atoms with Gasteiger partial charge >= 0.3 is 0 Å². The minimum absolute atomic E-state index is 0.499. The van der Waals surface area contributed by atoms with Crippen LogP contribution in [0.4, 0.5) is 11.6 Å². The summed E-state index contributed by atoms with van der Waals surface area (Å²) in [6.07, 6.45) is 7.11. The highest BCUT2D eigenvalue weighted by atomic mass is 16.5. The third-order valence-corrected chi connectivity index (χ3v) is 4.12. The Morgan fingerprint density at radius 1 is 1.11 bits per heavy atom. The van der Waals surface area contributed by atoms with Crippen LogP contribution >= 0.6 is 0 Å². The molecule has 0 spiro atoms. The molecule has 0 saturated carbocycles. The van der Waals surface area contributed by atoms with E-state index in [4.69, 9.17) is 9.47 Å². The fraction of sp³-hybridized carbons (Fsp3) is 0.263. The first-order chi connectivity index (χ1) is 13.7. The van der Waals surface area contributed by atoms with E-state index in [1.807, 2.05) is 42.2 Å². The van der Waals surface area contributed by atoms with Crippen molar-refractivity contribution < 1.29 is 9.47 Å². The lowest BCUT2D eigenvalue weighted by Gasteiger charge is -2.08. The number of benzene rings is 1. The Balaban J connectivity index is 1.54. The molecule has 144 valence electrons. The molecule has 0 fully saturated rings. The third-order valence-electron chi connectivity index (χ3n) is 4.12. The largest absolute Gasteiger partial charge is 0.491 e. The summed E-state index contributed by atoms with van der Waals surface area (Å²) in [5.41, 5.74) is 2.65. The zero-order chi connectivity index (χ0) is 19.3. The van der Waals surface area contributed by atoms with Gasteiger partial charge in [-0.3, -0.25) is 4.68 Å². The second-order valence-corrected chi connectivity index (χ2v) is 6.29. The molecule has 0 saturated heterocycles. The van der Waals surface area contributed by atoms with E-state index in [0.717, 1.165) is 28.0 Å². The van der Waals surface area contributed by atoms with Crippen molar-refractivity contribution in [3.05, 3.63) is 54.6 Å². The van der Waals surface area contributed by atoms with Gasteiger partial charge in [0.25, 0.3) is 0 Å². The molecule has 0 unspecified atom stereocenters. The maximum Gasteiger partial charge on any atom is 0.229 e. The van der Waals surface area contributed by atoms with E-state index in [1.54, 1.807) is 30.4 Å². The summed E-state index contributed by atoms with van der Waals surface area (Å²) in [6, 6.07) is 7.93. The normalized spacial score (nSPS) is 11.1. The van der Waals surface area contributed by atoms with Crippen molar-refractivity contribution >= 4 is 22.7 Å². The number of nitrogens with one attached hydrogen (secondary N) is 1. The van der Waals surface area contributed by atoms with Crippen LogP contribution in [0.3, 0.4) is 0 Å². The van der Waals surface area contributed by atoms with Gasteiger partial charge < -0.3 is 14.8 Å². The molecule has 28 heavy (non-hydrogen) atoms. The Hall–Kier alpha value is -3.46. The number of hydrogen-bond donors (Lipinski definition) is 1. The van der Waals surface area contributed by atoms with Crippen LogP contribution in [0.2, 0.25) is 0 Å². The van der Waals surface area contributed by atoms with Crippen molar-refractivity contribution in [2.45, 2.75) is 6.54 Å². The summed E-state index contributed by atoms with van der Waals surface area (Å²) >= 11 is 0. The Morgan fingerprint density at radius 3 is 2.86 bits per heavy atom. The summed E-state index contributed by atoms with van der Waals surface area (Å²) in [5.74, 6) is 1.30. The Morgan fingerprint density at radius 2 is 2.04 bits per heavy atom. The van der Waals surface area contributed by atoms with E-state index in [0.29, 0.717) is 25.7 Å². The molecule has 0 aliphatic carbocycles. The fourth-order valence-electron chi connectivity index (χ4n) is 2.81. The van der Waals surface area contributed by atoms with Crippen molar-refractivity contribution in [1.29, 1.82) is 0 Å². The number of ether oxygens (including phenoxy) is 2. The summed E-state index contributed by atoms with van der Waals surface area (Å²) in [5, 5.41) is 12.6. The van der Waals surface area contributed by atoms with Gasteiger partial charge in [-0.2, -0.15) is 15.2 Å². The highest BCUT2D eigenvalue weighted by Gasteiger charge is 2.09. The third kappa shape index (κ3) is 4.09. The van der Waals surface area contributed by atoms with E-state index in [1.165, 1.54) is 0 Å². The van der Waals surface area contributed by atoms with Crippen LogP contribution in [0.15, 0.2) is 49.1 Å². The minimum atomic E-state index is 0.499. The minimum Gasteiger partial charge on any atom is -0.491 e. The van der Waals surface area contributed by atoms with Gasteiger partial charge in [0.05, 0.1) is 36.6 Å². The molecule has 0 atom stereocenters. The predicted octanol–water partition coefficient (Wildman–Crippen LogP) is 2.38. The second kappa shape index (κ2) is 8.05. The molecule has 3 heterocycles. The molecular formula is C19H21N7O2. The molecule has 9 nitrogen and oxygen atoms in total. The second-order valence-electron chi connectivity index (χ2n) is 6.29. The first-order valence-corrected chi connectivity index (χ1v) is 8.86. The van der Waals surface area contributed by atoms with Crippen molar-refractivity contribution in [1.82, 2.24) is 29.5 Å². The van der Waals surface area contributed by atoms with Gasteiger partial charge in [-0.1, -0.05) is 12.1 Å². The van der Waals surface area contributed by atoms with Gasteiger partial charge in [-0.05, 0) is 17.7 Å². The number of fused-ring (bicyclic) bond motifs is 1. The number of anilines is 2. The van der Waals surface area contributed by atoms with Crippen LogP contribution in [-0.2, 0) is 18.3 Å². The highest BCUT2D eigenvalue weighted by Crippen LogP contribution is 2.19. The van der Waals surface area contributed by atoms with Crippen LogP contribution in [0.25, 0.3) is 11.0 Å². The quantitative estimate of drug-likeness (QED) is 0.470. The first kappa shape index (κ1) is 17.9. The van der Waals surface area contributed by atoms with Crippen LogP contribution in [0, 0.1) is 0 Å². The smallest absolute Gasteiger partial charge is 0.229 e. The molecule has 4 aromatic rings. The summed E-state index contributed by atoms with van der Waals surface area (Å²) in [6.45, 7) is 1.65. The fourth-order valence-corrected chi connectivity index (χ4v) is 2.81. The van der Waals surface area contributed by atoms with Crippen LogP contribution in [0.1, 0.15) is 5.56 Å². The van der Waals surface area contributed by atoms with Crippen LogP contribution in [-0.4, -0.2) is 49.9 Å². The first-order valence-electron chi connectivity index (χ1n) is 8.86. The van der Waals surface area contributed by atoms with Crippen molar-refractivity contribution in [3.8, 4) is 5.75 Å². The van der Waals surface area contributed by atoms with Crippen LogP contribution < -0.4 is 10.1 Å². The average Bonchev–Trinajstić information content (AvgIpc) is 3.28. The van der Waals surface area contributed by atoms with Gasteiger partial charge in [0.2, 0.25) is 5.95 Å². The molecule has 1 N–H and O–H groups in total. The number of hydrogen-bond acceptors (Lipinski definition) is 7. The zero-order valence-electron chi connectivity index (χ0n) is 15.7. The lowest BCUT2D eigenvalue weighted by Crippen LogP contribution is -2.06. The van der Waals surface area contributed by atoms with Gasteiger partial charge in [0, 0.05) is 26.6 Å². The van der Waals surface area contributed by atoms with E-state index in [2.05, 4.69) is 25.5 Å². The summed E-state index contributed by atoms with van der Waals surface area (Å²) < 4.78 is 14.3. The molecule has 9 heteroatoms. The molecule has 4 rings (SSSR count). The average molecular weight is 379 g/mol.